The molecule has 9 heteroatoms. The summed E-state index contributed by atoms with van der Waals surface area (Å²) in [4.78, 5) is 35.9. The first-order chi connectivity index (χ1) is 13.4. The maximum absolute atomic E-state index is 14.7. The van der Waals surface area contributed by atoms with Crippen molar-refractivity contribution in [2.75, 3.05) is 25.0 Å². The number of piperidine rings is 2. The Kier molecular flexibility index (Phi) is 6.25. The van der Waals surface area contributed by atoms with Crippen LogP contribution in [0.3, 0.4) is 0 Å². The number of carbonyl (C=O) groups is 3. The molecule has 2 fully saturated rings. The Balaban J connectivity index is 1.61. The molecule has 2 aliphatic rings. The molecule has 0 radical (unpaired) electrons. The Morgan fingerprint density at radius 2 is 2.00 bits per heavy atom. The second kappa shape index (κ2) is 8.66. The number of hydrogen-bond acceptors (Lipinski definition) is 6. The zero-order valence-corrected chi connectivity index (χ0v) is 15.4. The highest BCUT2D eigenvalue weighted by atomic mass is 19.1. The highest BCUT2D eigenvalue weighted by molar-refractivity contribution is 6.01. The molecule has 0 saturated carbocycles. The Labute approximate surface area is 161 Å². The van der Waals surface area contributed by atoms with Crippen molar-refractivity contribution in [3.05, 3.63) is 29.6 Å². The number of anilines is 1. The van der Waals surface area contributed by atoms with Crippen molar-refractivity contribution in [3.8, 4) is 0 Å². The van der Waals surface area contributed by atoms with Gasteiger partial charge in [0.05, 0.1) is 6.61 Å². The molecule has 2 heterocycles. The maximum atomic E-state index is 14.7. The van der Waals surface area contributed by atoms with Crippen molar-refractivity contribution < 1.29 is 29.0 Å². The number of carbonyl (C=O) groups excluding carboxylic acids is 2. The van der Waals surface area contributed by atoms with E-state index in [1.807, 2.05) is 0 Å². The second-order valence-electron chi connectivity index (χ2n) is 7.23. The van der Waals surface area contributed by atoms with Crippen LogP contribution in [0.2, 0.25) is 0 Å². The molecular formula is C19H24FN3O5. The molecule has 1 aromatic rings. The highest BCUT2D eigenvalue weighted by Crippen LogP contribution is 2.32. The molecule has 2 atom stereocenters. The maximum Gasteiger partial charge on any atom is 0.323 e. The van der Waals surface area contributed by atoms with Crippen LogP contribution in [0.4, 0.5) is 10.1 Å². The van der Waals surface area contributed by atoms with Crippen molar-refractivity contribution in [1.82, 2.24) is 10.2 Å². The summed E-state index contributed by atoms with van der Waals surface area (Å²) >= 11 is 0. The number of aliphatic carboxylic acids is 1. The summed E-state index contributed by atoms with van der Waals surface area (Å²) in [5.74, 6) is -2.19. The molecule has 28 heavy (non-hydrogen) atoms. The fourth-order valence-electron chi connectivity index (χ4n) is 3.85. The summed E-state index contributed by atoms with van der Waals surface area (Å²) in [6.45, 7) is 0.491. The zero-order chi connectivity index (χ0) is 20.3. The van der Waals surface area contributed by atoms with E-state index in [1.165, 1.54) is 6.07 Å². The molecule has 2 aliphatic heterocycles. The smallest absolute Gasteiger partial charge is 0.323 e. The average molecular weight is 393 g/mol. The fourth-order valence-corrected chi connectivity index (χ4v) is 3.85. The van der Waals surface area contributed by atoms with E-state index in [0.29, 0.717) is 43.6 Å². The van der Waals surface area contributed by atoms with E-state index in [1.54, 1.807) is 17.0 Å². The van der Waals surface area contributed by atoms with Gasteiger partial charge in [0, 0.05) is 12.1 Å². The monoisotopic (exact) mass is 393 g/mol. The molecular weight excluding hydrogens is 369 g/mol. The first-order valence-corrected chi connectivity index (χ1v) is 9.36. The number of nitrogens with zero attached hydrogens (tertiary/aromatic N) is 1. The van der Waals surface area contributed by atoms with Crippen LogP contribution < -0.4 is 10.6 Å². The first kappa shape index (κ1) is 20.2. The Bertz CT molecular complexity index is 764. The largest absolute Gasteiger partial charge is 0.480 e. The number of aliphatic hydroxyl groups is 1. The van der Waals surface area contributed by atoms with Gasteiger partial charge in [-0.15, -0.1) is 0 Å². The van der Waals surface area contributed by atoms with Gasteiger partial charge >= 0.3 is 5.97 Å². The number of amides is 2. The van der Waals surface area contributed by atoms with Crippen LogP contribution in [0, 0.1) is 5.82 Å². The van der Waals surface area contributed by atoms with Gasteiger partial charge in [-0.05, 0) is 56.0 Å². The van der Waals surface area contributed by atoms with Crippen molar-refractivity contribution in [1.29, 1.82) is 0 Å². The third-order valence-corrected chi connectivity index (χ3v) is 5.45. The minimum Gasteiger partial charge on any atom is -0.480 e. The van der Waals surface area contributed by atoms with Crippen molar-refractivity contribution >= 4 is 23.5 Å². The van der Waals surface area contributed by atoms with E-state index < -0.39 is 30.6 Å². The number of benzene rings is 1. The fraction of sp³-hybridized carbons (Fsp3) is 0.526. The van der Waals surface area contributed by atoms with Crippen LogP contribution in [-0.2, 0) is 14.4 Å². The van der Waals surface area contributed by atoms with E-state index in [9.17, 15) is 23.9 Å². The van der Waals surface area contributed by atoms with Crippen molar-refractivity contribution in [2.45, 2.75) is 43.7 Å². The minimum atomic E-state index is -1.06. The number of rotatable bonds is 6. The van der Waals surface area contributed by atoms with Gasteiger partial charge in [-0.3, -0.25) is 24.6 Å². The molecule has 0 aromatic heterocycles. The molecule has 2 amide bonds. The van der Waals surface area contributed by atoms with Crippen LogP contribution in [0.15, 0.2) is 18.2 Å². The highest BCUT2D eigenvalue weighted by Gasteiger charge is 2.31. The lowest BCUT2D eigenvalue weighted by molar-refractivity contribution is -0.145. The molecule has 0 aliphatic carbocycles. The van der Waals surface area contributed by atoms with E-state index in [2.05, 4.69) is 10.6 Å². The summed E-state index contributed by atoms with van der Waals surface area (Å²) in [7, 11) is 0. The van der Waals surface area contributed by atoms with Gasteiger partial charge in [0.15, 0.2) is 0 Å². The number of halogens is 1. The molecule has 1 unspecified atom stereocenters. The standard InChI is InChI=1S/C19H24FN3O5/c20-14-9-12(21-15-3-4-17(25)22-18(15)26)1-2-13(14)11-5-7-23(8-6-11)16(10-24)19(27)28/h1-2,9,11,15-16,21,24H,3-8,10H2,(H,27,28)(H,22,25,26)/t15-,16?/m0/s1. The Morgan fingerprint density at radius 3 is 2.57 bits per heavy atom. The number of carboxylic acids is 1. The van der Waals surface area contributed by atoms with Gasteiger partial charge in [-0.2, -0.15) is 0 Å². The predicted octanol–water partition coefficient (Wildman–Crippen LogP) is 0.668. The molecule has 4 N–H and O–H groups in total. The molecule has 0 bridgehead atoms. The van der Waals surface area contributed by atoms with Gasteiger partial charge in [0.1, 0.15) is 17.9 Å². The van der Waals surface area contributed by atoms with Crippen LogP contribution in [-0.4, -0.2) is 64.7 Å². The number of carboxylic acid groups (broad SMARTS) is 1. The third kappa shape index (κ3) is 4.48. The zero-order valence-electron chi connectivity index (χ0n) is 15.4. The lowest BCUT2D eigenvalue weighted by atomic mass is 9.88. The van der Waals surface area contributed by atoms with Gasteiger partial charge in [0.25, 0.3) is 0 Å². The van der Waals surface area contributed by atoms with Gasteiger partial charge < -0.3 is 15.5 Å². The molecule has 8 nitrogen and oxygen atoms in total. The summed E-state index contributed by atoms with van der Waals surface area (Å²) in [6.07, 6.45) is 1.80. The number of nitrogens with one attached hydrogen (secondary N) is 2. The average Bonchev–Trinajstić information content (AvgIpc) is 2.65. The van der Waals surface area contributed by atoms with Crippen molar-refractivity contribution in [3.63, 3.8) is 0 Å². The van der Waals surface area contributed by atoms with E-state index in [-0.39, 0.29) is 24.1 Å². The summed E-state index contributed by atoms with van der Waals surface area (Å²) < 4.78 is 14.7. The quantitative estimate of drug-likeness (QED) is 0.525. The number of aliphatic hydroxyl groups excluding tert-OH is 1. The summed E-state index contributed by atoms with van der Waals surface area (Å²) in [5.41, 5.74) is 1.03. The SMILES string of the molecule is O=C1CC[C@H](Nc2ccc(C3CCN(C(CO)C(=O)O)CC3)c(F)c2)C(=O)N1. The summed E-state index contributed by atoms with van der Waals surface area (Å²) in [5, 5.41) is 23.6. The van der Waals surface area contributed by atoms with Gasteiger partial charge in [0.2, 0.25) is 11.8 Å². The molecule has 152 valence electrons. The van der Waals surface area contributed by atoms with Crippen molar-refractivity contribution in [2.24, 2.45) is 0 Å². The van der Waals surface area contributed by atoms with E-state index in [4.69, 9.17) is 5.11 Å². The second-order valence-corrected chi connectivity index (χ2v) is 7.23. The number of imide groups is 1. The first-order valence-electron chi connectivity index (χ1n) is 9.36. The van der Waals surface area contributed by atoms with E-state index in [0.717, 1.165) is 0 Å². The number of hydrogen-bond donors (Lipinski definition) is 4. The summed E-state index contributed by atoms with van der Waals surface area (Å²) in [6, 6.07) is 3.25. The van der Waals surface area contributed by atoms with Crippen LogP contribution >= 0.6 is 0 Å². The molecule has 0 spiro atoms. The molecule has 3 rings (SSSR count). The topological polar surface area (TPSA) is 119 Å². The Hall–Kier alpha value is -2.52. The normalized spacial score (nSPS) is 22.6. The number of likely N-dealkylation sites (tertiary alicyclic amines) is 1. The van der Waals surface area contributed by atoms with Gasteiger partial charge in [-0.25, -0.2) is 4.39 Å². The van der Waals surface area contributed by atoms with E-state index >= 15 is 0 Å². The van der Waals surface area contributed by atoms with Crippen LogP contribution in [0.5, 0.6) is 0 Å². The molecule has 2 saturated heterocycles. The third-order valence-electron chi connectivity index (χ3n) is 5.45. The Morgan fingerprint density at radius 1 is 1.29 bits per heavy atom. The minimum absolute atomic E-state index is 0.0333. The lowest BCUT2D eigenvalue weighted by Crippen LogP contribution is -2.47. The predicted molar refractivity (Wildman–Crippen MR) is 98.3 cm³/mol. The van der Waals surface area contributed by atoms with Crippen LogP contribution in [0.25, 0.3) is 0 Å². The molecule has 1 aromatic carbocycles. The lowest BCUT2D eigenvalue weighted by Gasteiger charge is -2.35. The van der Waals surface area contributed by atoms with Crippen LogP contribution in [0.1, 0.15) is 37.2 Å². The van der Waals surface area contributed by atoms with Gasteiger partial charge in [-0.1, -0.05) is 6.07 Å².